The van der Waals surface area contributed by atoms with E-state index in [-0.39, 0.29) is 5.38 Å². The van der Waals surface area contributed by atoms with Crippen LogP contribution in [0.15, 0.2) is 18.2 Å². The summed E-state index contributed by atoms with van der Waals surface area (Å²) < 4.78 is 7.34. The largest absolute Gasteiger partial charge is 0.385 e. The molecule has 0 aliphatic carbocycles. The second-order valence-corrected chi connectivity index (χ2v) is 5.58. The van der Waals surface area contributed by atoms with Gasteiger partial charge in [-0.2, -0.15) is 0 Å². The maximum atomic E-state index is 6.25. The minimum absolute atomic E-state index is 0.0740. The summed E-state index contributed by atoms with van der Waals surface area (Å²) in [5.41, 5.74) is 3.46. The summed E-state index contributed by atoms with van der Waals surface area (Å²) in [7, 11) is 1.74. The Kier molecular flexibility index (Phi) is 4.83. The number of methoxy groups -OCH3 is 1. The summed E-state index contributed by atoms with van der Waals surface area (Å²) in [5, 5.41) is -0.0740. The molecule has 1 aromatic heterocycles. The topological polar surface area (TPSA) is 27.1 Å². The zero-order valence-electron chi connectivity index (χ0n) is 11.8. The summed E-state index contributed by atoms with van der Waals surface area (Å²) in [5.74, 6) is 0.958. The number of fused-ring (bicyclic) bond motifs is 1. The summed E-state index contributed by atoms with van der Waals surface area (Å²) >= 11 is 6.25. The van der Waals surface area contributed by atoms with Crippen LogP contribution in [0, 0.1) is 6.92 Å². The lowest BCUT2D eigenvalue weighted by atomic mass is 10.2. The van der Waals surface area contributed by atoms with E-state index in [2.05, 4.69) is 34.7 Å². The van der Waals surface area contributed by atoms with Gasteiger partial charge in [-0.3, -0.25) is 0 Å². The number of unbranched alkanes of at least 4 members (excludes halogenated alkanes) is 1. The molecular formula is C15H21ClN2O. The quantitative estimate of drug-likeness (QED) is 0.589. The summed E-state index contributed by atoms with van der Waals surface area (Å²) in [6.45, 7) is 5.82. The number of nitrogens with zero attached hydrogens (tertiary/aromatic N) is 2. The van der Waals surface area contributed by atoms with E-state index < -0.39 is 0 Å². The Morgan fingerprint density at radius 3 is 2.84 bits per heavy atom. The number of aryl methyl sites for hydroxylation is 2. The number of hydrogen-bond acceptors (Lipinski definition) is 2. The van der Waals surface area contributed by atoms with E-state index in [4.69, 9.17) is 16.3 Å². The monoisotopic (exact) mass is 280 g/mol. The number of benzene rings is 1. The Balaban J connectivity index is 2.31. The first-order valence-electron chi connectivity index (χ1n) is 6.73. The molecule has 1 heterocycles. The van der Waals surface area contributed by atoms with Crippen LogP contribution >= 0.6 is 11.6 Å². The fourth-order valence-corrected chi connectivity index (χ4v) is 2.47. The van der Waals surface area contributed by atoms with E-state index in [1.807, 2.05) is 6.92 Å². The molecule has 0 aliphatic rings. The van der Waals surface area contributed by atoms with Crippen molar-refractivity contribution < 1.29 is 4.74 Å². The predicted octanol–water partition coefficient (Wildman–Crippen LogP) is 4.07. The molecule has 3 nitrogen and oxygen atoms in total. The van der Waals surface area contributed by atoms with E-state index in [0.29, 0.717) is 0 Å². The standard InChI is InChI=1S/C15H21ClN2O/c1-11-6-7-13-14(10-11)18(8-4-5-9-19-3)15(17-13)12(2)16/h6-7,10,12H,4-5,8-9H2,1-3H3. The average Bonchev–Trinajstić information content (AvgIpc) is 2.73. The Morgan fingerprint density at radius 1 is 1.37 bits per heavy atom. The molecule has 0 spiro atoms. The van der Waals surface area contributed by atoms with Gasteiger partial charge in [-0.15, -0.1) is 11.6 Å². The molecule has 1 atom stereocenters. The molecule has 2 rings (SSSR count). The van der Waals surface area contributed by atoms with Crippen molar-refractivity contribution in [3.8, 4) is 0 Å². The molecule has 0 radical (unpaired) electrons. The molecule has 1 unspecified atom stereocenters. The molecule has 0 bridgehead atoms. The van der Waals surface area contributed by atoms with Gasteiger partial charge >= 0.3 is 0 Å². The predicted molar refractivity (Wildman–Crippen MR) is 79.8 cm³/mol. The van der Waals surface area contributed by atoms with E-state index in [0.717, 1.165) is 37.3 Å². The van der Waals surface area contributed by atoms with Crippen LogP contribution in [-0.4, -0.2) is 23.3 Å². The van der Waals surface area contributed by atoms with Crippen molar-refractivity contribution in [1.82, 2.24) is 9.55 Å². The van der Waals surface area contributed by atoms with Crippen molar-refractivity contribution in [2.45, 2.75) is 38.6 Å². The summed E-state index contributed by atoms with van der Waals surface area (Å²) in [4.78, 5) is 4.65. The Labute approximate surface area is 119 Å². The maximum absolute atomic E-state index is 6.25. The zero-order chi connectivity index (χ0) is 13.8. The van der Waals surface area contributed by atoms with E-state index in [1.165, 1.54) is 11.1 Å². The number of rotatable bonds is 6. The van der Waals surface area contributed by atoms with E-state index in [1.54, 1.807) is 7.11 Å². The molecule has 2 aromatic rings. The third kappa shape index (κ3) is 3.28. The van der Waals surface area contributed by atoms with Gasteiger partial charge in [0.05, 0.1) is 16.4 Å². The minimum atomic E-state index is -0.0740. The number of imidazole rings is 1. The van der Waals surface area contributed by atoms with Crippen LogP contribution in [0.5, 0.6) is 0 Å². The first-order chi connectivity index (χ1) is 9.13. The van der Waals surface area contributed by atoms with Gasteiger partial charge in [-0.25, -0.2) is 4.98 Å². The molecule has 0 N–H and O–H groups in total. The van der Waals surface area contributed by atoms with Crippen LogP contribution < -0.4 is 0 Å². The number of hydrogen-bond donors (Lipinski definition) is 0. The van der Waals surface area contributed by atoms with E-state index in [9.17, 15) is 0 Å². The van der Waals surface area contributed by atoms with Crippen LogP contribution in [-0.2, 0) is 11.3 Å². The fourth-order valence-electron chi connectivity index (χ4n) is 2.31. The van der Waals surface area contributed by atoms with E-state index >= 15 is 0 Å². The van der Waals surface area contributed by atoms with Crippen LogP contribution in [0.2, 0.25) is 0 Å². The van der Waals surface area contributed by atoms with Gasteiger partial charge in [0.2, 0.25) is 0 Å². The first kappa shape index (κ1) is 14.4. The third-order valence-corrected chi connectivity index (χ3v) is 3.46. The van der Waals surface area contributed by atoms with Crippen LogP contribution in [0.1, 0.15) is 36.5 Å². The highest BCUT2D eigenvalue weighted by Gasteiger charge is 2.14. The van der Waals surface area contributed by atoms with Crippen LogP contribution in [0.4, 0.5) is 0 Å². The SMILES string of the molecule is COCCCCn1c(C(C)Cl)nc2ccc(C)cc21. The van der Waals surface area contributed by atoms with Gasteiger partial charge in [0.15, 0.2) is 0 Å². The molecule has 0 fully saturated rings. The molecule has 0 saturated carbocycles. The number of halogens is 1. The smallest absolute Gasteiger partial charge is 0.127 e. The van der Waals surface area contributed by atoms with Crippen molar-refractivity contribution >= 4 is 22.6 Å². The van der Waals surface area contributed by atoms with Gasteiger partial charge in [0.25, 0.3) is 0 Å². The lowest BCUT2D eigenvalue weighted by Crippen LogP contribution is -2.05. The second-order valence-electron chi connectivity index (χ2n) is 4.93. The van der Waals surface area contributed by atoms with Gasteiger partial charge in [-0.1, -0.05) is 6.07 Å². The molecule has 104 valence electrons. The second kappa shape index (κ2) is 6.40. The van der Waals surface area contributed by atoms with Gasteiger partial charge in [-0.05, 0) is 44.4 Å². The van der Waals surface area contributed by atoms with Crippen molar-refractivity contribution in [2.24, 2.45) is 0 Å². The number of ether oxygens (including phenoxy) is 1. The summed E-state index contributed by atoms with van der Waals surface area (Å²) in [6, 6.07) is 6.34. The minimum Gasteiger partial charge on any atom is -0.385 e. The Morgan fingerprint density at radius 2 is 2.16 bits per heavy atom. The highest BCUT2D eigenvalue weighted by atomic mass is 35.5. The molecule has 0 saturated heterocycles. The maximum Gasteiger partial charge on any atom is 0.127 e. The average molecular weight is 281 g/mol. The Bertz CT molecular complexity index is 548. The van der Waals surface area contributed by atoms with Crippen LogP contribution in [0.25, 0.3) is 11.0 Å². The molecule has 4 heteroatoms. The van der Waals surface area contributed by atoms with Crippen molar-refractivity contribution in [1.29, 1.82) is 0 Å². The third-order valence-electron chi connectivity index (χ3n) is 3.27. The highest BCUT2D eigenvalue weighted by molar-refractivity contribution is 6.20. The molecule has 19 heavy (non-hydrogen) atoms. The highest BCUT2D eigenvalue weighted by Crippen LogP contribution is 2.25. The zero-order valence-corrected chi connectivity index (χ0v) is 12.6. The van der Waals surface area contributed by atoms with Crippen molar-refractivity contribution in [3.05, 3.63) is 29.6 Å². The number of alkyl halides is 1. The fraction of sp³-hybridized carbons (Fsp3) is 0.533. The number of aromatic nitrogens is 2. The van der Waals surface area contributed by atoms with Crippen molar-refractivity contribution in [2.75, 3.05) is 13.7 Å². The van der Waals surface area contributed by atoms with Gasteiger partial charge in [0, 0.05) is 20.3 Å². The van der Waals surface area contributed by atoms with Gasteiger partial charge < -0.3 is 9.30 Å². The van der Waals surface area contributed by atoms with Crippen molar-refractivity contribution in [3.63, 3.8) is 0 Å². The normalized spacial score (nSPS) is 13.1. The molecule has 0 aliphatic heterocycles. The lowest BCUT2D eigenvalue weighted by molar-refractivity contribution is 0.191. The lowest BCUT2D eigenvalue weighted by Gasteiger charge is -2.10. The Hall–Kier alpha value is -1.06. The molecule has 1 aromatic carbocycles. The first-order valence-corrected chi connectivity index (χ1v) is 7.17. The summed E-state index contributed by atoms with van der Waals surface area (Å²) in [6.07, 6.45) is 2.13. The molecular weight excluding hydrogens is 260 g/mol. The van der Waals surface area contributed by atoms with Gasteiger partial charge in [0.1, 0.15) is 5.82 Å². The van der Waals surface area contributed by atoms with Crippen LogP contribution in [0.3, 0.4) is 0 Å². The molecule has 0 amide bonds.